The lowest BCUT2D eigenvalue weighted by atomic mass is 10.2. The van der Waals surface area contributed by atoms with E-state index in [2.05, 4.69) is 22.4 Å². The van der Waals surface area contributed by atoms with Crippen LogP contribution in [-0.4, -0.2) is 17.7 Å². The molecule has 1 aromatic rings. The smallest absolute Gasteiger partial charge is 0.348 e. The molecule has 0 aromatic carbocycles. The van der Waals surface area contributed by atoms with Gasteiger partial charge in [-0.3, -0.25) is 0 Å². The van der Waals surface area contributed by atoms with Gasteiger partial charge in [-0.1, -0.05) is 0 Å². The van der Waals surface area contributed by atoms with Crippen molar-refractivity contribution in [2.24, 2.45) is 4.99 Å². The van der Waals surface area contributed by atoms with Crippen LogP contribution in [0.5, 0.6) is 0 Å². The molecule has 0 atom stereocenters. The number of nitrogen functional groups attached to an aromatic ring is 1. The first-order valence-corrected chi connectivity index (χ1v) is 5.48. The molecule has 0 aliphatic carbocycles. The number of esters is 1. The molecule has 1 rings (SSSR count). The van der Waals surface area contributed by atoms with E-state index in [-0.39, 0.29) is 5.97 Å². The Morgan fingerprint density at radius 1 is 1.73 bits per heavy atom. The van der Waals surface area contributed by atoms with E-state index in [0.717, 1.165) is 11.3 Å². The van der Waals surface area contributed by atoms with E-state index in [1.54, 1.807) is 13.8 Å². The summed E-state index contributed by atoms with van der Waals surface area (Å²) in [6.45, 7) is 3.84. The minimum absolute atomic E-state index is 0.335. The number of anilines is 1. The number of nitrogens with two attached hydrogens (primary N) is 1. The zero-order chi connectivity index (χ0) is 11.4. The summed E-state index contributed by atoms with van der Waals surface area (Å²) < 4.78 is 4.88. The van der Waals surface area contributed by atoms with Gasteiger partial charge in [0.15, 0.2) is 0 Å². The lowest BCUT2D eigenvalue weighted by Gasteiger charge is -1.98. The summed E-state index contributed by atoms with van der Waals surface area (Å²) in [6, 6.07) is 0. The number of ether oxygens (including phenoxy) is 1. The average Bonchev–Trinajstić information content (AvgIpc) is 2.47. The van der Waals surface area contributed by atoms with Crippen molar-refractivity contribution in [3.05, 3.63) is 10.4 Å². The van der Waals surface area contributed by atoms with Gasteiger partial charge in [0.2, 0.25) is 0 Å². The Labute approximate surface area is 96.8 Å². The fraction of sp³-hybridized carbons (Fsp3) is 0.333. The van der Waals surface area contributed by atoms with E-state index in [4.69, 9.17) is 10.5 Å². The van der Waals surface area contributed by atoms with Crippen molar-refractivity contribution >= 4 is 45.4 Å². The number of hydrogen-bond acceptors (Lipinski definition) is 6. The van der Waals surface area contributed by atoms with E-state index >= 15 is 0 Å². The van der Waals surface area contributed by atoms with Crippen LogP contribution in [0.2, 0.25) is 0 Å². The Balaban J connectivity index is 3.17. The molecule has 1 heterocycles. The molecule has 80 valence electrons. The van der Waals surface area contributed by atoms with Gasteiger partial charge in [0.05, 0.1) is 11.8 Å². The van der Waals surface area contributed by atoms with Crippen molar-refractivity contribution in [3.63, 3.8) is 0 Å². The van der Waals surface area contributed by atoms with Crippen LogP contribution in [0.3, 0.4) is 0 Å². The molecule has 0 spiro atoms. The molecule has 0 saturated heterocycles. The van der Waals surface area contributed by atoms with Gasteiger partial charge >= 0.3 is 5.97 Å². The first-order valence-electron chi connectivity index (χ1n) is 4.25. The molecular formula is C9H10N2O2S2. The van der Waals surface area contributed by atoms with Gasteiger partial charge in [0.1, 0.15) is 15.6 Å². The highest BCUT2D eigenvalue weighted by atomic mass is 32.1. The second-order valence-corrected chi connectivity index (χ2v) is 3.93. The third-order valence-corrected chi connectivity index (χ3v) is 2.94. The fourth-order valence-corrected chi connectivity index (χ4v) is 2.10. The monoisotopic (exact) mass is 242 g/mol. The van der Waals surface area contributed by atoms with E-state index in [1.807, 2.05) is 0 Å². The molecule has 0 bridgehead atoms. The fourth-order valence-electron chi connectivity index (χ4n) is 1.10. The van der Waals surface area contributed by atoms with Gasteiger partial charge < -0.3 is 10.5 Å². The van der Waals surface area contributed by atoms with Crippen molar-refractivity contribution in [2.75, 3.05) is 12.3 Å². The number of thiophene rings is 1. The van der Waals surface area contributed by atoms with E-state index in [0.29, 0.717) is 27.7 Å². The molecule has 2 N–H and O–H groups in total. The largest absolute Gasteiger partial charge is 0.462 e. The summed E-state index contributed by atoms with van der Waals surface area (Å²) in [5.74, 6) is -0.377. The van der Waals surface area contributed by atoms with Crippen LogP contribution < -0.4 is 5.73 Å². The molecule has 6 heteroatoms. The maximum atomic E-state index is 11.5. The van der Waals surface area contributed by atoms with Crippen molar-refractivity contribution < 1.29 is 9.53 Å². The molecule has 0 radical (unpaired) electrons. The lowest BCUT2D eigenvalue weighted by Crippen LogP contribution is -2.03. The van der Waals surface area contributed by atoms with Crippen molar-refractivity contribution in [1.82, 2.24) is 0 Å². The molecule has 4 nitrogen and oxygen atoms in total. The van der Waals surface area contributed by atoms with E-state index in [9.17, 15) is 4.79 Å². The normalized spacial score (nSPS) is 9.47. The predicted octanol–water partition coefficient (Wildman–Crippen LogP) is 2.55. The van der Waals surface area contributed by atoms with Gasteiger partial charge in [-0.2, -0.15) is 4.99 Å². The Bertz CT molecular complexity index is 434. The quantitative estimate of drug-likeness (QED) is 0.502. The molecule has 0 saturated carbocycles. The summed E-state index contributed by atoms with van der Waals surface area (Å²) >= 11 is 5.65. The topological polar surface area (TPSA) is 64.7 Å². The van der Waals surface area contributed by atoms with Crippen LogP contribution in [0.4, 0.5) is 10.7 Å². The number of nitrogens with zero attached hydrogens (tertiary/aromatic N) is 1. The van der Waals surface area contributed by atoms with Gasteiger partial charge in [-0.05, 0) is 26.1 Å². The first-order chi connectivity index (χ1) is 7.11. The molecule has 0 fully saturated rings. The van der Waals surface area contributed by atoms with Crippen molar-refractivity contribution in [1.29, 1.82) is 0 Å². The number of isothiocyanates is 1. The SMILES string of the molecule is CCOC(=O)c1sc(N)c(N=C=S)c1C. The highest BCUT2D eigenvalue weighted by molar-refractivity contribution is 7.78. The van der Waals surface area contributed by atoms with Crippen LogP contribution in [0.1, 0.15) is 22.2 Å². The molecule has 15 heavy (non-hydrogen) atoms. The second kappa shape index (κ2) is 5.02. The van der Waals surface area contributed by atoms with Crippen LogP contribution in [0, 0.1) is 6.92 Å². The summed E-state index contributed by atoms with van der Waals surface area (Å²) in [6.07, 6.45) is 0. The maximum Gasteiger partial charge on any atom is 0.348 e. The van der Waals surface area contributed by atoms with Crippen LogP contribution in [0.25, 0.3) is 0 Å². The molecular weight excluding hydrogens is 232 g/mol. The van der Waals surface area contributed by atoms with E-state index in [1.165, 1.54) is 0 Å². The highest BCUT2D eigenvalue weighted by Crippen LogP contribution is 2.37. The summed E-state index contributed by atoms with van der Waals surface area (Å²) in [4.78, 5) is 15.8. The molecule has 0 amide bonds. The third kappa shape index (κ3) is 2.41. The molecule has 0 aliphatic rings. The zero-order valence-corrected chi connectivity index (χ0v) is 10.00. The summed E-state index contributed by atoms with van der Waals surface area (Å²) in [7, 11) is 0. The van der Waals surface area contributed by atoms with Crippen molar-refractivity contribution in [2.45, 2.75) is 13.8 Å². The Hall–Kier alpha value is -1.23. The Morgan fingerprint density at radius 3 is 2.93 bits per heavy atom. The van der Waals surface area contributed by atoms with Crippen molar-refractivity contribution in [3.8, 4) is 0 Å². The molecule has 0 aliphatic heterocycles. The number of aliphatic imine (C=N–C) groups is 1. The average molecular weight is 242 g/mol. The predicted molar refractivity (Wildman–Crippen MR) is 64.1 cm³/mol. The van der Waals surface area contributed by atoms with Gasteiger partial charge in [-0.15, -0.1) is 11.3 Å². The number of rotatable bonds is 3. The Kier molecular flexibility index (Phi) is 3.96. The standard InChI is InChI=1S/C9H10N2O2S2/c1-3-13-9(12)7-5(2)6(11-4-14)8(10)15-7/h3,10H2,1-2H3. The number of hydrogen-bond donors (Lipinski definition) is 1. The first kappa shape index (κ1) is 11.8. The molecule has 1 aromatic heterocycles. The van der Waals surface area contributed by atoms with Crippen LogP contribution >= 0.6 is 23.6 Å². The highest BCUT2D eigenvalue weighted by Gasteiger charge is 2.19. The molecule has 0 unspecified atom stereocenters. The lowest BCUT2D eigenvalue weighted by molar-refractivity contribution is 0.0531. The summed E-state index contributed by atoms with van der Waals surface area (Å²) in [5, 5.41) is 2.68. The number of carbonyl (C=O) groups is 1. The second-order valence-electron chi connectivity index (χ2n) is 2.69. The zero-order valence-electron chi connectivity index (χ0n) is 8.36. The minimum atomic E-state index is -0.377. The minimum Gasteiger partial charge on any atom is -0.462 e. The maximum absolute atomic E-state index is 11.5. The van der Waals surface area contributed by atoms with E-state index < -0.39 is 0 Å². The van der Waals surface area contributed by atoms with Gasteiger partial charge in [0, 0.05) is 5.56 Å². The van der Waals surface area contributed by atoms with Crippen LogP contribution in [-0.2, 0) is 4.74 Å². The number of thiocarbonyl (C=S) groups is 1. The summed E-state index contributed by atoms with van der Waals surface area (Å²) in [5.41, 5.74) is 6.89. The van der Waals surface area contributed by atoms with Crippen LogP contribution in [0.15, 0.2) is 4.99 Å². The number of carbonyl (C=O) groups excluding carboxylic acids is 1. The van der Waals surface area contributed by atoms with Gasteiger partial charge in [0.25, 0.3) is 0 Å². The Morgan fingerprint density at radius 2 is 2.40 bits per heavy atom. The van der Waals surface area contributed by atoms with Gasteiger partial charge in [-0.25, -0.2) is 4.79 Å². The third-order valence-electron chi connectivity index (χ3n) is 1.76.